The highest BCUT2D eigenvalue weighted by molar-refractivity contribution is 6.75. The molecule has 0 rings (SSSR count). The van der Waals surface area contributed by atoms with Gasteiger partial charge in [0.15, 0.2) is 0 Å². The molecule has 0 fully saturated rings. The van der Waals surface area contributed by atoms with Gasteiger partial charge in [0.05, 0.1) is 0 Å². The van der Waals surface area contributed by atoms with Crippen LogP contribution < -0.4 is 0 Å². The largest absolute Gasteiger partial charge is 0.516 e. The Labute approximate surface area is 213 Å². The maximum Gasteiger partial charge on any atom is 0.317 e. The number of hydrogen-bond acceptors (Lipinski definition) is 4. The van der Waals surface area contributed by atoms with E-state index in [4.69, 9.17) is 8.85 Å². The van der Waals surface area contributed by atoms with Gasteiger partial charge in [-0.1, -0.05) is 119 Å². The van der Waals surface area contributed by atoms with Crippen LogP contribution in [0.5, 0.6) is 0 Å². The molecule has 0 aromatic heterocycles. The van der Waals surface area contributed by atoms with Gasteiger partial charge >= 0.3 is 11.9 Å². The van der Waals surface area contributed by atoms with Crippen molar-refractivity contribution in [2.75, 3.05) is 0 Å². The first-order chi connectivity index (χ1) is 16.4. The summed E-state index contributed by atoms with van der Waals surface area (Å²) < 4.78 is 12.5. The molecule has 0 spiro atoms. The van der Waals surface area contributed by atoms with E-state index in [1.54, 1.807) is 0 Å². The zero-order valence-corrected chi connectivity index (χ0v) is 25.5. The van der Waals surface area contributed by atoms with Gasteiger partial charge in [0.2, 0.25) is 0 Å². The predicted octanol–water partition coefficient (Wildman–Crippen LogP) is 9.32. The lowest BCUT2D eigenvalue weighted by molar-refractivity contribution is -0.132. The zero-order valence-electron chi connectivity index (χ0n) is 23.5. The smallest absolute Gasteiger partial charge is 0.317 e. The van der Waals surface area contributed by atoms with E-state index in [9.17, 15) is 9.59 Å². The van der Waals surface area contributed by atoms with Gasteiger partial charge in [0, 0.05) is 12.2 Å². The van der Waals surface area contributed by atoms with Crippen molar-refractivity contribution < 1.29 is 18.4 Å². The third-order valence-electron chi connectivity index (χ3n) is 6.91. The van der Waals surface area contributed by atoms with Crippen molar-refractivity contribution in [3.05, 3.63) is 12.2 Å². The number of rotatable bonds is 22. The van der Waals surface area contributed by atoms with Gasteiger partial charge in [-0.3, -0.25) is 0 Å². The minimum atomic E-state index is -2.14. The van der Waals surface area contributed by atoms with Crippen LogP contribution in [0.3, 0.4) is 0 Å². The highest BCUT2D eigenvalue weighted by Crippen LogP contribution is 2.31. The molecule has 0 aromatic rings. The number of hydrogen-bond donors (Lipinski definition) is 0. The van der Waals surface area contributed by atoms with E-state index >= 15 is 0 Å². The lowest BCUT2D eigenvalue weighted by atomic mass is 10.4. The lowest BCUT2D eigenvalue weighted by Crippen LogP contribution is -2.40. The van der Waals surface area contributed by atoms with Crippen molar-refractivity contribution >= 4 is 28.6 Å². The molecule has 6 heteroatoms. The van der Waals surface area contributed by atoms with Crippen molar-refractivity contribution in [2.24, 2.45) is 0 Å². The summed E-state index contributed by atoms with van der Waals surface area (Å²) in [5, 5.41) is 0. The number of carbonyl (C=O) groups excluding carboxylic acids is 2. The third-order valence-corrected chi connectivity index (χ3v) is 15.8. The van der Waals surface area contributed by atoms with Crippen LogP contribution >= 0.6 is 0 Å². The van der Waals surface area contributed by atoms with Crippen LogP contribution in [0.1, 0.15) is 119 Å². The molecular formula is C28H56O4Si2. The molecule has 0 N–H and O–H groups in total. The molecule has 0 bridgehead atoms. The second-order valence-electron chi connectivity index (χ2n) is 10.2. The summed E-state index contributed by atoms with van der Waals surface area (Å²) in [7, 11) is -4.27. The summed E-state index contributed by atoms with van der Waals surface area (Å²) in [6.45, 7) is 13.2. The van der Waals surface area contributed by atoms with E-state index in [-0.39, 0.29) is 11.9 Å². The maximum atomic E-state index is 12.9. The van der Waals surface area contributed by atoms with Crippen molar-refractivity contribution in [2.45, 2.75) is 155 Å². The SMILES string of the molecule is CCCC[Si](CCCC)(CCCC)OC(=O)/C=C/C(=O)O[Si](CCCC)(CCCC)CCCC. The first-order valence-corrected chi connectivity index (χ1v) is 19.6. The highest BCUT2D eigenvalue weighted by Gasteiger charge is 2.37. The van der Waals surface area contributed by atoms with Gasteiger partial charge in [0.1, 0.15) is 0 Å². The fourth-order valence-corrected chi connectivity index (χ4v) is 13.8. The van der Waals surface area contributed by atoms with Gasteiger partial charge < -0.3 is 8.85 Å². The van der Waals surface area contributed by atoms with E-state index in [0.717, 1.165) is 113 Å². The van der Waals surface area contributed by atoms with Crippen LogP contribution in [-0.2, 0) is 18.4 Å². The van der Waals surface area contributed by atoms with Crippen molar-refractivity contribution in [1.29, 1.82) is 0 Å². The second kappa shape index (κ2) is 20.3. The maximum absolute atomic E-state index is 12.9. The fourth-order valence-electron chi connectivity index (χ4n) is 4.68. The molecule has 0 aliphatic rings. The van der Waals surface area contributed by atoms with E-state index in [0.29, 0.717) is 0 Å². The summed E-state index contributed by atoms with van der Waals surface area (Å²) >= 11 is 0. The molecule has 34 heavy (non-hydrogen) atoms. The quantitative estimate of drug-likeness (QED) is 0.107. The highest BCUT2D eigenvalue weighted by atomic mass is 28.4. The van der Waals surface area contributed by atoms with Crippen LogP contribution in [0, 0.1) is 0 Å². The molecule has 0 amide bonds. The fraction of sp³-hybridized carbons (Fsp3) is 0.857. The van der Waals surface area contributed by atoms with E-state index < -0.39 is 16.6 Å². The van der Waals surface area contributed by atoms with E-state index in [2.05, 4.69) is 41.5 Å². The minimum absolute atomic E-state index is 0.338. The average molecular weight is 513 g/mol. The number of carbonyl (C=O) groups is 2. The second-order valence-corrected chi connectivity index (χ2v) is 18.3. The molecule has 4 nitrogen and oxygen atoms in total. The van der Waals surface area contributed by atoms with Crippen LogP contribution in [-0.4, -0.2) is 28.6 Å². The standard InChI is InChI=1S/C28H56O4Si2/c1-7-13-21-33(22-14-8-2,23-15-9-3)31-27(29)19-20-28(30)32-34(24-16-10-4,25-17-11-5)26-18-12-6/h19-20H,7-18,21-26H2,1-6H3/b20-19+. The Morgan fingerprint density at radius 2 is 0.676 bits per heavy atom. The lowest BCUT2D eigenvalue weighted by Gasteiger charge is -2.31. The summed E-state index contributed by atoms with van der Waals surface area (Å²) in [4.78, 5) is 25.7. The third kappa shape index (κ3) is 14.5. The Morgan fingerprint density at radius 1 is 0.471 bits per heavy atom. The van der Waals surface area contributed by atoms with Gasteiger partial charge in [0.25, 0.3) is 16.6 Å². The molecule has 0 atom stereocenters. The molecule has 0 saturated carbocycles. The molecule has 200 valence electrons. The normalized spacial score (nSPS) is 12.3. The van der Waals surface area contributed by atoms with Crippen LogP contribution in [0.25, 0.3) is 0 Å². The Kier molecular flexibility index (Phi) is 19.8. The van der Waals surface area contributed by atoms with Crippen LogP contribution in [0.15, 0.2) is 12.2 Å². The molecule has 0 heterocycles. The van der Waals surface area contributed by atoms with E-state index in [1.165, 1.54) is 12.2 Å². The Hall–Kier alpha value is -0.886. The summed E-state index contributed by atoms with van der Waals surface area (Å²) in [6.07, 6.45) is 16.1. The summed E-state index contributed by atoms with van der Waals surface area (Å²) in [5.41, 5.74) is 0. The van der Waals surface area contributed by atoms with Crippen LogP contribution in [0.2, 0.25) is 36.3 Å². The average Bonchev–Trinajstić information content (AvgIpc) is 2.84. The zero-order chi connectivity index (χ0) is 25.7. The van der Waals surface area contributed by atoms with Crippen molar-refractivity contribution in [1.82, 2.24) is 0 Å². The summed E-state index contributed by atoms with van der Waals surface area (Å²) in [5.74, 6) is -0.676. The number of unbranched alkanes of at least 4 members (excludes halogenated alkanes) is 6. The summed E-state index contributed by atoms with van der Waals surface area (Å²) in [6, 6.07) is 6.22. The Morgan fingerprint density at radius 3 is 0.853 bits per heavy atom. The van der Waals surface area contributed by atoms with Crippen molar-refractivity contribution in [3.8, 4) is 0 Å². The van der Waals surface area contributed by atoms with Gasteiger partial charge in [-0.15, -0.1) is 0 Å². The first-order valence-electron chi connectivity index (χ1n) is 14.5. The van der Waals surface area contributed by atoms with Gasteiger partial charge in [-0.2, -0.15) is 0 Å². The van der Waals surface area contributed by atoms with Gasteiger partial charge in [-0.25, -0.2) is 9.59 Å². The first kappa shape index (κ1) is 33.1. The van der Waals surface area contributed by atoms with Gasteiger partial charge in [-0.05, 0) is 36.3 Å². The topological polar surface area (TPSA) is 52.6 Å². The Balaban J connectivity index is 5.41. The molecule has 0 radical (unpaired) electrons. The molecular weight excluding hydrogens is 456 g/mol. The molecule has 0 aliphatic carbocycles. The molecule has 0 aliphatic heterocycles. The molecule has 0 unspecified atom stereocenters. The monoisotopic (exact) mass is 512 g/mol. The Bertz CT molecular complexity index is 471. The van der Waals surface area contributed by atoms with Crippen molar-refractivity contribution in [3.63, 3.8) is 0 Å². The van der Waals surface area contributed by atoms with Crippen LogP contribution in [0.4, 0.5) is 0 Å². The molecule has 0 aromatic carbocycles. The van der Waals surface area contributed by atoms with E-state index in [1.807, 2.05) is 0 Å². The predicted molar refractivity (Wildman–Crippen MR) is 151 cm³/mol. The molecule has 0 saturated heterocycles. The minimum Gasteiger partial charge on any atom is -0.516 e.